The highest BCUT2D eigenvalue weighted by Crippen LogP contribution is 2.19. The van der Waals surface area contributed by atoms with E-state index in [4.69, 9.17) is 0 Å². The number of ether oxygens (including phenoxy) is 1. The third kappa shape index (κ3) is 3.47. The van der Waals surface area contributed by atoms with E-state index in [2.05, 4.69) is 19.6 Å². The molecule has 1 aromatic rings. The van der Waals surface area contributed by atoms with Gasteiger partial charge in [-0.05, 0) is 17.5 Å². The lowest BCUT2D eigenvalue weighted by Crippen LogP contribution is -2.37. The Labute approximate surface area is 108 Å². The van der Waals surface area contributed by atoms with Gasteiger partial charge < -0.3 is 15.2 Å². The number of nitrogens with one attached hydrogen (secondary N) is 1. The number of carbonyl (C=O) groups excluding carboxylic acids is 2. The fourth-order valence-corrected chi connectivity index (χ4v) is 1.96. The smallest absolute Gasteiger partial charge is 0.336 e. The molecule has 18 heavy (non-hydrogen) atoms. The summed E-state index contributed by atoms with van der Waals surface area (Å²) < 4.78 is 8.05. The zero-order valence-corrected chi connectivity index (χ0v) is 11.2. The maximum Gasteiger partial charge on any atom is 0.336 e. The minimum atomic E-state index is -1.37. The molecule has 0 bridgehead atoms. The Hall–Kier alpha value is -1.54. The Morgan fingerprint density at radius 3 is 2.72 bits per heavy atom. The number of esters is 1. The first-order chi connectivity index (χ1) is 8.47. The molecular weight excluding hydrogens is 258 g/mol. The fraction of sp³-hybridized carbons (Fsp3) is 0.600. The molecule has 1 atom stereocenters. The Bertz CT molecular complexity index is 433. The summed E-state index contributed by atoms with van der Waals surface area (Å²) in [7, 11) is 1.16. The van der Waals surface area contributed by atoms with Crippen molar-refractivity contribution < 1.29 is 19.4 Å². The van der Waals surface area contributed by atoms with Crippen molar-refractivity contribution in [2.75, 3.05) is 13.7 Å². The number of rotatable bonds is 5. The van der Waals surface area contributed by atoms with Crippen LogP contribution in [0.15, 0.2) is 0 Å². The van der Waals surface area contributed by atoms with Crippen LogP contribution in [0, 0.1) is 0 Å². The van der Waals surface area contributed by atoms with E-state index in [1.165, 1.54) is 0 Å². The molecule has 7 nitrogen and oxygen atoms in total. The quantitative estimate of drug-likeness (QED) is 0.728. The lowest BCUT2D eigenvalue weighted by atomic mass is 10.1. The van der Waals surface area contributed by atoms with Crippen molar-refractivity contribution in [3.63, 3.8) is 0 Å². The van der Waals surface area contributed by atoms with Crippen LogP contribution in [0.5, 0.6) is 0 Å². The van der Waals surface area contributed by atoms with Gasteiger partial charge in [0.2, 0.25) is 0 Å². The van der Waals surface area contributed by atoms with E-state index in [9.17, 15) is 14.7 Å². The normalized spacial score (nSPS) is 12.3. The van der Waals surface area contributed by atoms with E-state index in [-0.39, 0.29) is 12.5 Å². The molecule has 0 spiro atoms. The van der Waals surface area contributed by atoms with Crippen LogP contribution in [0.4, 0.5) is 0 Å². The number of aliphatic hydroxyl groups is 1. The number of carbonyl (C=O) groups is 2. The number of hydrogen-bond donors (Lipinski definition) is 2. The van der Waals surface area contributed by atoms with Gasteiger partial charge in [-0.3, -0.25) is 4.79 Å². The van der Waals surface area contributed by atoms with Gasteiger partial charge in [0, 0.05) is 0 Å². The molecule has 0 aliphatic heterocycles. The summed E-state index contributed by atoms with van der Waals surface area (Å²) in [5, 5.41) is 15.6. The van der Waals surface area contributed by atoms with Crippen molar-refractivity contribution in [2.45, 2.75) is 25.9 Å². The first kappa shape index (κ1) is 14.5. The zero-order valence-electron chi connectivity index (χ0n) is 10.3. The van der Waals surface area contributed by atoms with E-state index in [1.54, 1.807) is 0 Å². The SMILES string of the molecule is COC(=O)C(O)CNC(=O)c1snnc1C(C)C. The second kappa shape index (κ2) is 6.41. The van der Waals surface area contributed by atoms with Crippen molar-refractivity contribution in [3.05, 3.63) is 10.6 Å². The van der Waals surface area contributed by atoms with Crippen LogP contribution < -0.4 is 5.32 Å². The van der Waals surface area contributed by atoms with Crippen LogP contribution in [-0.4, -0.2) is 46.3 Å². The number of aliphatic hydroxyl groups excluding tert-OH is 1. The Kier molecular flexibility index (Phi) is 5.17. The topological polar surface area (TPSA) is 101 Å². The highest BCUT2D eigenvalue weighted by molar-refractivity contribution is 7.08. The summed E-state index contributed by atoms with van der Waals surface area (Å²) in [6.07, 6.45) is -1.37. The molecule has 0 aliphatic rings. The summed E-state index contributed by atoms with van der Waals surface area (Å²) in [6, 6.07) is 0. The van der Waals surface area contributed by atoms with Gasteiger partial charge in [0.1, 0.15) is 4.88 Å². The van der Waals surface area contributed by atoms with Crippen LogP contribution in [0.2, 0.25) is 0 Å². The number of nitrogens with zero attached hydrogens (tertiary/aromatic N) is 2. The molecule has 0 saturated carbocycles. The third-order valence-electron chi connectivity index (χ3n) is 2.20. The monoisotopic (exact) mass is 273 g/mol. The predicted molar refractivity (Wildman–Crippen MR) is 64.4 cm³/mol. The van der Waals surface area contributed by atoms with Gasteiger partial charge in [-0.2, -0.15) is 0 Å². The molecule has 0 saturated heterocycles. The molecule has 0 aromatic carbocycles. The predicted octanol–water partition coefficient (Wildman–Crippen LogP) is -0.0748. The molecule has 2 N–H and O–H groups in total. The second-order valence-corrected chi connectivity index (χ2v) is 4.65. The number of methoxy groups -OCH3 is 1. The summed E-state index contributed by atoms with van der Waals surface area (Å²) in [5.74, 6) is -1.12. The van der Waals surface area contributed by atoms with E-state index in [0.717, 1.165) is 18.6 Å². The standard InChI is InChI=1S/C10H15N3O4S/c1-5(2)7-8(18-13-12-7)9(15)11-4-6(14)10(16)17-3/h5-6,14H,4H2,1-3H3,(H,11,15). The maximum atomic E-state index is 11.8. The molecule has 1 heterocycles. The van der Waals surface area contributed by atoms with Crippen LogP contribution in [-0.2, 0) is 9.53 Å². The molecule has 8 heteroatoms. The molecule has 1 rings (SSSR count). The fourth-order valence-electron chi connectivity index (χ4n) is 1.22. The van der Waals surface area contributed by atoms with Crippen LogP contribution in [0.1, 0.15) is 35.1 Å². The van der Waals surface area contributed by atoms with Crippen LogP contribution in [0.3, 0.4) is 0 Å². The Morgan fingerprint density at radius 1 is 1.50 bits per heavy atom. The van der Waals surface area contributed by atoms with Gasteiger partial charge in [-0.25, -0.2) is 4.79 Å². The minimum absolute atomic E-state index is 0.0787. The van der Waals surface area contributed by atoms with E-state index in [0.29, 0.717) is 10.6 Å². The van der Waals surface area contributed by atoms with Crippen LogP contribution in [0.25, 0.3) is 0 Å². The highest BCUT2D eigenvalue weighted by Gasteiger charge is 2.21. The minimum Gasteiger partial charge on any atom is -0.467 e. The van der Waals surface area contributed by atoms with Crippen molar-refractivity contribution in [1.82, 2.24) is 14.9 Å². The maximum absolute atomic E-state index is 11.8. The number of aromatic nitrogens is 2. The van der Waals surface area contributed by atoms with Crippen molar-refractivity contribution >= 4 is 23.4 Å². The van der Waals surface area contributed by atoms with Gasteiger partial charge in [-0.1, -0.05) is 18.3 Å². The van der Waals surface area contributed by atoms with Gasteiger partial charge >= 0.3 is 5.97 Å². The average molecular weight is 273 g/mol. The Balaban J connectivity index is 2.61. The van der Waals surface area contributed by atoms with Gasteiger partial charge in [0.15, 0.2) is 6.10 Å². The van der Waals surface area contributed by atoms with E-state index >= 15 is 0 Å². The molecule has 0 aliphatic carbocycles. The molecular formula is C10H15N3O4S. The molecule has 0 radical (unpaired) electrons. The lowest BCUT2D eigenvalue weighted by Gasteiger charge is -2.09. The second-order valence-electron chi connectivity index (χ2n) is 3.89. The summed E-state index contributed by atoms with van der Waals surface area (Å²) in [5.41, 5.74) is 0.602. The van der Waals surface area contributed by atoms with E-state index in [1.807, 2.05) is 13.8 Å². The zero-order chi connectivity index (χ0) is 13.7. The summed E-state index contributed by atoms with van der Waals surface area (Å²) >= 11 is 0.981. The van der Waals surface area contributed by atoms with Gasteiger partial charge in [0.25, 0.3) is 5.91 Å². The largest absolute Gasteiger partial charge is 0.467 e. The van der Waals surface area contributed by atoms with E-state index < -0.39 is 18.0 Å². The molecule has 1 amide bonds. The van der Waals surface area contributed by atoms with Crippen molar-refractivity contribution in [2.24, 2.45) is 0 Å². The first-order valence-electron chi connectivity index (χ1n) is 5.33. The molecule has 1 aromatic heterocycles. The first-order valence-corrected chi connectivity index (χ1v) is 6.11. The van der Waals surface area contributed by atoms with Gasteiger partial charge in [-0.15, -0.1) is 5.10 Å². The number of amides is 1. The Morgan fingerprint density at radius 2 is 2.17 bits per heavy atom. The molecule has 0 fully saturated rings. The molecule has 100 valence electrons. The molecule has 1 unspecified atom stereocenters. The third-order valence-corrected chi connectivity index (χ3v) is 2.94. The lowest BCUT2D eigenvalue weighted by molar-refractivity contribution is -0.149. The summed E-state index contributed by atoms with van der Waals surface area (Å²) in [6.45, 7) is 3.59. The van der Waals surface area contributed by atoms with Crippen molar-refractivity contribution in [3.8, 4) is 0 Å². The van der Waals surface area contributed by atoms with Gasteiger partial charge in [0.05, 0.1) is 19.3 Å². The van der Waals surface area contributed by atoms with Crippen molar-refractivity contribution in [1.29, 1.82) is 0 Å². The number of hydrogen-bond acceptors (Lipinski definition) is 7. The highest BCUT2D eigenvalue weighted by atomic mass is 32.1. The average Bonchev–Trinajstić information content (AvgIpc) is 2.83. The summed E-state index contributed by atoms with van der Waals surface area (Å²) in [4.78, 5) is 23.1. The van der Waals surface area contributed by atoms with Crippen LogP contribution >= 0.6 is 11.5 Å².